The lowest BCUT2D eigenvalue weighted by molar-refractivity contribution is -0.149. The molecule has 0 aliphatic carbocycles. The summed E-state index contributed by atoms with van der Waals surface area (Å²) in [4.78, 5) is 25.8. The fourth-order valence-corrected chi connectivity index (χ4v) is 2.75. The molecule has 1 aliphatic rings. The van der Waals surface area contributed by atoms with Gasteiger partial charge in [0.15, 0.2) is 0 Å². The number of nitrogens with one attached hydrogen (secondary N) is 1. The molecular formula is C14H16Cl2N2O2. The van der Waals surface area contributed by atoms with E-state index in [1.54, 1.807) is 25.1 Å². The van der Waals surface area contributed by atoms with Gasteiger partial charge in [-0.1, -0.05) is 36.2 Å². The highest BCUT2D eigenvalue weighted by atomic mass is 35.5. The third kappa shape index (κ3) is 2.76. The zero-order valence-corrected chi connectivity index (χ0v) is 12.9. The van der Waals surface area contributed by atoms with Crippen molar-refractivity contribution >= 4 is 35.0 Å². The minimum atomic E-state index is -0.858. The summed E-state index contributed by atoms with van der Waals surface area (Å²) in [5.74, 6) is -0.285. The monoisotopic (exact) mass is 314 g/mol. The molecule has 1 N–H and O–H groups in total. The Morgan fingerprint density at radius 2 is 1.90 bits per heavy atom. The molecule has 6 heteroatoms. The molecule has 1 atom stereocenters. The second-order valence-electron chi connectivity index (χ2n) is 5.10. The summed E-state index contributed by atoms with van der Waals surface area (Å²) in [5, 5.41) is 3.73. The van der Waals surface area contributed by atoms with Crippen LogP contribution in [0.4, 0.5) is 0 Å². The number of carbonyl (C=O) groups excluding carboxylic acids is 2. The SMILES string of the molecule is CCC1(C)NC(=O)CN(Cc2c(Cl)cccc2Cl)C1=O. The predicted molar refractivity (Wildman–Crippen MR) is 78.7 cm³/mol. The quantitative estimate of drug-likeness (QED) is 0.932. The van der Waals surface area contributed by atoms with Gasteiger partial charge in [-0.05, 0) is 25.5 Å². The van der Waals surface area contributed by atoms with Crippen molar-refractivity contribution < 1.29 is 9.59 Å². The van der Waals surface area contributed by atoms with Crippen molar-refractivity contribution in [2.24, 2.45) is 0 Å². The van der Waals surface area contributed by atoms with E-state index < -0.39 is 5.54 Å². The van der Waals surface area contributed by atoms with E-state index in [0.29, 0.717) is 22.0 Å². The third-order valence-electron chi connectivity index (χ3n) is 3.63. The first kappa shape index (κ1) is 15.1. The zero-order chi connectivity index (χ0) is 14.9. The molecule has 1 aromatic carbocycles. The van der Waals surface area contributed by atoms with Crippen LogP contribution in [-0.2, 0) is 16.1 Å². The van der Waals surface area contributed by atoms with Gasteiger partial charge in [-0.25, -0.2) is 0 Å². The Morgan fingerprint density at radius 3 is 2.45 bits per heavy atom. The van der Waals surface area contributed by atoms with E-state index in [2.05, 4.69) is 5.32 Å². The van der Waals surface area contributed by atoms with Crippen molar-refractivity contribution in [2.75, 3.05) is 6.54 Å². The van der Waals surface area contributed by atoms with E-state index >= 15 is 0 Å². The summed E-state index contributed by atoms with van der Waals surface area (Å²) < 4.78 is 0. The van der Waals surface area contributed by atoms with Gasteiger partial charge in [0, 0.05) is 22.2 Å². The molecule has 0 aromatic heterocycles. The summed E-state index contributed by atoms with van der Waals surface area (Å²) in [6.45, 7) is 3.86. The Labute approximate surface area is 128 Å². The van der Waals surface area contributed by atoms with Crippen molar-refractivity contribution in [3.05, 3.63) is 33.8 Å². The summed E-state index contributed by atoms with van der Waals surface area (Å²) in [6, 6.07) is 5.18. The molecule has 1 saturated heterocycles. The van der Waals surface area contributed by atoms with Crippen LogP contribution in [0.5, 0.6) is 0 Å². The lowest BCUT2D eigenvalue weighted by Crippen LogP contribution is -2.64. The average molecular weight is 315 g/mol. The van der Waals surface area contributed by atoms with Crippen LogP contribution in [-0.4, -0.2) is 28.8 Å². The van der Waals surface area contributed by atoms with Crippen LogP contribution in [0.2, 0.25) is 10.0 Å². The van der Waals surface area contributed by atoms with Crippen molar-refractivity contribution in [1.82, 2.24) is 10.2 Å². The Balaban J connectivity index is 2.28. The van der Waals surface area contributed by atoms with Gasteiger partial charge in [0.1, 0.15) is 5.54 Å². The van der Waals surface area contributed by atoms with Crippen LogP contribution in [0.3, 0.4) is 0 Å². The van der Waals surface area contributed by atoms with E-state index in [4.69, 9.17) is 23.2 Å². The number of nitrogens with zero attached hydrogens (tertiary/aromatic N) is 1. The first-order valence-electron chi connectivity index (χ1n) is 6.40. The second-order valence-corrected chi connectivity index (χ2v) is 5.91. The Hall–Kier alpha value is -1.26. The zero-order valence-electron chi connectivity index (χ0n) is 11.4. The molecule has 0 bridgehead atoms. The van der Waals surface area contributed by atoms with Crippen molar-refractivity contribution in [3.63, 3.8) is 0 Å². The number of carbonyl (C=O) groups is 2. The van der Waals surface area contributed by atoms with Gasteiger partial charge in [0.2, 0.25) is 11.8 Å². The van der Waals surface area contributed by atoms with Gasteiger partial charge >= 0.3 is 0 Å². The summed E-state index contributed by atoms with van der Waals surface area (Å²) in [7, 11) is 0. The number of halogens is 2. The maximum Gasteiger partial charge on any atom is 0.248 e. The minimum Gasteiger partial charge on any atom is -0.340 e. The topological polar surface area (TPSA) is 49.4 Å². The van der Waals surface area contributed by atoms with Crippen molar-refractivity contribution in [2.45, 2.75) is 32.4 Å². The van der Waals surface area contributed by atoms with Gasteiger partial charge in [-0.15, -0.1) is 0 Å². The van der Waals surface area contributed by atoms with Gasteiger partial charge in [-0.3, -0.25) is 9.59 Å². The van der Waals surface area contributed by atoms with E-state index in [1.165, 1.54) is 4.90 Å². The first-order chi connectivity index (χ1) is 9.37. The molecule has 1 aromatic rings. The number of benzene rings is 1. The minimum absolute atomic E-state index is 0.0238. The molecule has 0 radical (unpaired) electrons. The van der Waals surface area contributed by atoms with E-state index in [0.717, 1.165) is 0 Å². The van der Waals surface area contributed by atoms with Crippen LogP contribution in [0.1, 0.15) is 25.8 Å². The summed E-state index contributed by atoms with van der Waals surface area (Å²) in [6.07, 6.45) is 0.532. The molecule has 0 spiro atoms. The number of rotatable bonds is 3. The lowest BCUT2D eigenvalue weighted by Gasteiger charge is -2.39. The molecule has 1 aliphatic heterocycles. The van der Waals surface area contributed by atoms with Crippen LogP contribution >= 0.6 is 23.2 Å². The smallest absolute Gasteiger partial charge is 0.248 e. The van der Waals surface area contributed by atoms with Crippen LogP contribution < -0.4 is 5.32 Å². The van der Waals surface area contributed by atoms with Gasteiger partial charge in [0.25, 0.3) is 0 Å². The summed E-state index contributed by atoms with van der Waals surface area (Å²) in [5.41, 5.74) is -0.194. The largest absolute Gasteiger partial charge is 0.340 e. The number of hydrogen-bond donors (Lipinski definition) is 1. The third-order valence-corrected chi connectivity index (χ3v) is 4.34. The predicted octanol–water partition coefficient (Wildman–Crippen LogP) is 2.62. The van der Waals surface area contributed by atoms with Crippen LogP contribution in [0.15, 0.2) is 18.2 Å². The molecule has 1 fully saturated rings. The van der Waals surface area contributed by atoms with E-state index in [-0.39, 0.29) is 24.9 Å². The first-order valence-corrected chi connectivity index (χ1v) is 7.16. The Kier molecular flexibility index (Phi) is 4.25. The molecule has 108 valence electrons. The fraction of sp³-hybridized carbons (Fsp3) is 0.429. The average Bonchev–Trinajstić information content (AvgIpc) is 2.39. The van der Waals surface area contributed by atoms with Crippen LogP contribution in [0, 0.1) is 0 Å². The molecule has 20 heavy (non-hydrogen) atoms. The molecular weight excluding hydrogens is 299 g/mol. The molecule has 4 nitrogen and oxygen atoms in total. The summed E-state index contributed by atoms with van der Waals surface area (Å²) >= 11 is 12.2. The molecule has 2 rings (SSSR count). The molecule has 0 saturated carbocycles. The van der Waals surface area contributed by atoms with Gasteiger partial charge < -0.3 is 10.2 Å². The molecule has 2 amide bonds. The Morgan fingerprint density at radius 1 is 1.30 bits per heavy atom. The second kappa shape index (κ2) is 5.62. The van der Waals surface area contributed by atoms with Crippen molar-refractivity contribution in [3.8, 4) is 0 Å². The van der Waals surface area contributed by atoms with Crippen LogP contribution in [0.25, 0.3) is 0 Å². The standard InChI is InChI=1S/C14H16Cl2N2O2/c1-3-14(2)13(20)18(8-12(19)17-14)7-9-10(15)5-4-6-11(9)16/h4-6H,3,7-8H2,1-2H3,(H,17,19). The highest BCUT2D eigenvalue weighted by Crippen LogP contribution is 2.27. The Bertz CT molecular complexity index is 542. The van der Waals surface area contributed by atoms with Gasteiger partial charge in [0.05, 0.1) is 6.54 Å². The molecule has 1 unspecified atom stereocenters. The van der Waals surface area contributed by atoms with E-state index in [1.807, 2.05) is 6.92 Å². The normalized spacial score (nSPS) is 22.9. The number of piperazine rings is 1. The number of hydrogen-bond acceptors (Lipinski definition) is 2. The number of amides is 2. The van der Waals surface area contributed by atoms with E-state index in [9.17, 15) is 9.59 Å². The highest BCUT2D eigenvalue weighted by Gasteiger charge is 2.41. The fourth-order valence-electron chi connectivity index (χ4n) is 2.24. The highest BCUT2D eigenvalue weighted by molar-refractivity contribution is 6.36. The van der Waals surface area contributed by atoms with Gasteiger partial charge in [-0.2, -0.15) is 0 Å². The lowest BCUT2D eigenvalue weighted by atomic mass is 9.94. The van der Waals surface area contributed by atoms with Crippen molar-refractivity contribution in [1.29, 1.82) is 0 Å². The molecule has 1 heterocycles. The maximum absolute atomic E-state index is 12.5. The maximum atomic E-state index is 12.5.